The van der Waals surface area contributed by atoms with Gasteiger partial charge in [0.05, 0.1) is 83.5 Å². The van der Waals surface area contributed by atoms with Crippen molar-refractivity contribution in [2.24, 2.45) is 28.3 Å². The Kier molecular flexibility index (Phi) is 26.7. The van der Waals surface area contributed by atoms with Crippen LogP contribution in [0.4, 0.5) is 23.8 Å². The number of pyridine rings is 1. The zero-order chi connectivity index (χ0) is 88.5. The number of primary amides is 4. The van der Waals surface area contributed by atoms with E-state index in [0.29, 0.717) is 173 Å². The highest BCUT2D eigenvalue weighted by atomic mass is 16.5. The van der Waals surface area contributed by atoms with Gasteiger partial charge in [0.1, 0.15) is 68.9 Å². The lowest BCUT2D eigenvalue weighted by molar-refractivity contribution is 0.0358. The lowest BCUT2D eigenvalue weighted by atomic mass is 9.79. The molecule has 3 fully saturated rings. The highest BCUT2D eigenvalue weighted by molar-refractivity contribution is 6.08. The van der Waals surface area contributed by atoms with E-state index in [9.17, 15) is 38.4 Å². The summed E-state index contributed by atoms with van der Waals surface area (Å²) in [5.74, 6) is -2.45. The van der Waals surface area contributed by atoms with E-state index >= 15 is 0 Å². The van der Waals surface area contributed by atoms with Crippen LogP contribution in [0.25, 0.3) is 44.1 Å². The summed E-state index contributed by atoms with van der Waals surface area (Å²) < 4.78 is 37.6. The molecule has 125 heavy (non-hydrogen) atoms. The first kappa shape index (κ1) is 87.4. The number of fused-ring (bicyclic) bond motifs is 4. The number of amides is 8. The molecule has 12 heterocycles. The Hall–Kier alpha value is -14.0. The summed E-state index contributed by atoms with van der Waals surface area (Å²) in [5, 5.41) is 33.0. The van der Waals surface area contributed by atoms with Gasteiger partial charge in [0.2, 0.25) is 41.5 Å². The molecule has 3 saturated heterocycles. The number of allylic oxidation sites excluding steroid dienone is 4. The zero-order valence-corrected chi connectivity index (χ0v) is 71.4. The van der Waals surface area contributed by atoms with E-state index in [4.69, 9.17) is 56.8 Å². The van der Waals surface area contributed by atoms with Crippen LogP contribution in [0.1, 0.15) is 160 Å². The second-order valence-electron chi connectivity index (χ2n) is 30.9. The molecule has 12 aromatic rings. The van der Waals surface area contributed by atoms with Crippen molar-refractivity contribution in [2.75, 3.05) is 107 Å². The summed E-state index contributed by atoms with van der Waals surface area (Å²) in [6, 6.07) is 17.7. The van der Waals surface area contributed by atoms with Gasteiger partial charge in [-0.05, 0) is 166 Å². The van der Waals surface area contributed by atoms with Gasteiger partial charge in [-0.2, -0.15) is 20.4 Å². The van der Waals surface area contributed by atoms with E-state index in [1.807, 2.05) is 77.3 Å². The largest absolute Gasteiger partial charge is 0.494 e. The smallest absolute Gasteiger partial charge is 0.276 e. The van der Waals surface area contributed by atoms with Crippen LogP contribution >= 0.6 is 0 Å². The van der Waals surface area contributed by atoms with Gasteiger partial charge >= 0.3 is 0 Å². The van der Waals surface area contributed by atoms with Crippen LogP contribution < -0.4 is 63.7 Å². The number of aromatic nitrogens is 17. The molecule has 8 amide bonds. The predicted octanol–water partition coefficient (Wildman–Crippen LogP) is 6.75. The summed E-state index contributed by atoms with van der Waals surface area (Å²) in [6.07, 6.45) is 13.1. The van der Waals surface area contributed by atoms with Gasteiger partial charge in [-0.3, -0.25) is 88.2 Å². The minimum atomic E-state index is -0.715. The number of piperidine rings is 1. The number of aryl methyl sites for hydroxylation is 8. The number of imidazole rings is 4. The maximum atomic E-state index is 13.9. The number of likely N-dealkylation sites (tertiary alicyclic amines) is 1. The van der Waals surface area contributed by atoms with Crippen molar-refractivity contribution in [3.8, 4) is 17.2 Å². The van der Waals surface area contributed by atoms with Gasteiger partial charge in [0.25, 0.3) is 29.5 Å². The number of carbonyl (C=O) groups is 8. The van der Waals surface area contributed by atoms with E-state index in [1.54, 1.807) is 93.9 Å². The summed E-state index contributed by atoms with van der Waals surface area (Å²) in [4.78, 5) is 132. The van der Waals surface area contributed by atoms with Crippen molar-refractivity contribution in [1.82, 2.24) is 97.4 Å². The molecule has 1 atom stereocenters. The summed E-state index contributed by atoms with van der Waals surface area (Å²) in [5.41, 5.74) is 31.6. The fourth-order valence-corrected chi connectivity index (χ4v) is 16.2. The summed E-state index contributed by atoms with van der Waals surface area (Å²) in [7, 11) is 1.47. The quantitative estimate of drug-likeness (QED) is 0.0149. The van der Waals surface area contributed by atoms with Gasteiger partial charge in [-0.15, -0.1) is 0 Å². The molecule has 0 radical (unpaired) electrons. The topological polar surface area (TPSA) is 500 Å². The van der Waals surface area contributed by atoms with Crippen molar-refractivity contribution in [3.05, 3.63) is 165 Å². The number of benzene rings is 3. The molecular weight excluding hydrogens is 1610 g/mol. The van der Waals surface area contributed by atoms with Crippen molar-refractivity contribution in [3.63, 3.8) is 0 Å². The van der Waals surface area contributed by atoms with Crippen LogP contribution in [-0.4, -0.2) is 225 Å². The number of anilines is 4. The molecule has 1 spiro atoms. The molecular formula is C85H104N28O12. The number of methoxy groups -OCH3 is 1. The molecule has 40 heteroatoms. The highest BCUT2D eigenvalue weighted by Gasteiger charge is 2.38. The van der Waals surface area contributed by atoms with Crippen LogP contribution in [0.5, 0.6) is 17.2 Å². The third-order valence-electron chi connectivity index (χ3n) is 22.2. The first-order valence-electron chi connectivity index (χ1n) is 41.7. The van der Waals surface area contributed by atoms with Gasteiger partial charge in [-0.1, -0.05) is 24.3 Å². The number of nitrogens with one attached hydrogen (secondary N) is 5. The van der Waals surface area contributed by atoms with E-state index < -0.39 is 47.3 Å². The number of hydrogen-bond donors (Lipinski definition) is 9. The molecule has 3 aliphatic heterocycles. The first-order chi connectivity index (χ1) is 60.2. The van der Waals surface area contributed by atoms with E-state index in [2.05, 4.69) is 66.7 Å². The van der Waals surface area contributed by atoms with Crippen molar-refractivity contribution in [2.45, 2.75) is 133 Å². The first-order valence-corrected chi connectivity index (χ1v) is 41.7. The molecule has 1 unspecified atom stereocenters. The second-order valence-corrected chi connectivity index (χ2v) is 30.9. The van der Waals surface area contributed by atoms with Crippen LogP contribution in [0.2, 0.25) is 0 Å². The molecule has 0 bridgehead atoms. The van der Waals surface area contributed by atoms with Crippen molar-refractivity contribution < 1.29 is 57.3 Å². The molecule has 3 aliphatic rings. The van der Waals surface area contributed by atoms with Crippen molar-refractivity contribution >= 4 is 115 Å². The molecule has 13 N–H and O–H groups in total. The summed E-state index contributed by atoms with van der Waals surface area (Å²) in [6.45, 7) is 26.8. The number of carbonyl (C=O) groups excluding carboxylic acids is 8. The Morgan fingerprint density at radius 1 is 0.472 bits per heavy atom. The number of hydrogen-bond acceptors (Lipinski definition) is 24. The molecule has 9 aromatic heterocycles. The average Bonchev–Trinajstić information content (AvgIpc) is 1.63. The minimum absolute atomic E-state index is 0.0255. The lowest BCUT2D eigenvalue weighted by Crippen LogP contribution is -2.45. The molecule has 0 aliphatic carbocycles. The molecule has 3 aromatic carbocycles. The van der Waals surface area contributed by atoms with Crippen LogP contribution in [0.3, 0.4) is 0 Å². The van der Waals surface area contributed by atoms with E-state index in [0.717, 1.165) is 58.7 Å². The van der Waals surface area contributed by atoms with Crippen LogP contribution in [0.15, 0.2) is 97.2 Å². The predicted molar refractivity (Wildman–Crippen MR) is 466 cm³/mol. The third-order valence-corrected chi connectivity index (χ3v) is 22.2. The molecule has 40 nitrogen and oxygen atoms in total. The van der Waals surface area contributed by atoms with E-state index in [-0.39, 0.29) is 77.8 Å². The van der Waals surface area contributed by atoms with E-state index in [1.165, 1.54) is 31.9 Å². The van der Waals surface area contributed by atoms with Crippen LogP contribution in [0, 0.1) is 33.1 Å². The van der Waals surface area contributed by atoms with Gasteiger partial charge in [0.15, 0.2) is 0 Å². The summed E-state index contributed by atoms with van der Waals surface area (Å²) >= 11 is 0. The fraction of sp³-hybridized carbons (Fsp3) is 0.400. The Balaban J connectivity index is 0.000000204. The number of rotatable bonds is 34. The van der Waals surface area contributed by atoms with Gasteiger partial charge < -0.3 is 65.5 Å². The van der Waals surface area contributed by atoms with Crippen LogP contribution in [-0.2, 0) is 57.1 Å². The van der Waals surface area contributed by atoms with Gasteiger partial charge in [0, 0.05) is 108 Å². The number of nitrogens with two attached hydrogens (primary N) is 4. The SMILES string of the molecule is CCn1nc(C)cc1C(=O)Nc1nc2cc(C(N)=O)cc(OC)c2n1C/C=C/Cn1c(NC(=O)c2cc(C)nn2CC)nc2cc(C(N)=O)cc(OCCN3CCCC4(CCNC4)C3)c21.CCn1nc(C)cc1C(=O)Nc1nc2cc(C(N)=O)ncc2n1C/C=C/Cn1c(NC(=O)c2cc(C)nn2CC)nc2cc(C(N)=O)cc(OCCCN3CCOCC3)c21. The Bertz CT molecular complexity index is 6170. The van der Waals surface area contributed by atoms with Gasteiger partial charge in [-0.25, -0.2) is 24.9 Å². The molecule has 15 rings (SSSR count). The maximum Gasteiger partial charge on any atom is 0.276 e. The standard InChI is InChI=1S/C45H56N14O6.C40H48N14O6/c1-6-58-33(19-27(3)53-58)41(62)51-43-49-31-21-29(39(46)60)23-35(64-5)37(31)56(43)15-8-9-16-57-38-32(50-44(57)52-42(63)34-20-28(4)54-59(34)7-2)22-30(40(47)61)24-36(38)65-18-17-55-14-10-11-45(26-55)12-13-48-25-45;1-5-53-30(18-24(3)48-53)37(57)46-39-44-27-22-29(36(42)56)43-23-32(27)51(39)11-7-8-12-52-34-28(45-40(52)47-38(58)31-19-25(4)49-54(31)6-2)20-26(35(41)55)21-33(34)60-15-9-10-50-13-16-59-17-14-50/h8-9,19-24,48H,6-7,10-18,25-26H2,1-5H3,(H2,46,60)(H2,47,61)(H,49,51,62)(H,50,52,63);7-8,18-23H,5-6,9-17H2,1-4H3,(H2,41,55)(H2,42,56)(H,44,46,57)(H,45,47,58)/b9-8+;8-7+. The normalized spacial score (nSPS) is 15.0. The number of ether oxygens (including phenoxy) is 4. The second kappa shape index (κ2) is 38.2. The Morgan fingerprint density at radius 3 is 1.27 bits per heavy atom. The number of morpholine rings is 1. The zero-order valence-electron chi connectivity index (χ0n) is 71.4. The average molecular weight is 1710 g/mol. The Labute approximate surface area is 718 Å². The maximum absolute atomic E-state index is 13.9. The number of nitrogens with zero attached hydrogens (tertiary/aromatic N) is 19. The third kappa shape index (κ3) is 19.4. The lowest BCUT2D eigenvalue weighted by Gasteiger charge is -2.40. The molecule has 0 saturated carbocycles. The minimum Gasteiger partial charge on any atom is -0.494 e. The fourth-order valence-electron chi connectivity index (χ4n) is 16.2. The Morgan fingerprint density at radius 2 is 0.872 bits per heavy atom. The molecule has 656 valence electrons. The monoisotopic (exact) mass is 1710 g/mol. The van der Waals surface area contributed by atoms with Crippen molar-refractivity contribution in [1.29, 1.82) is 0 Å². The highest BCUT2D eigenvalue weighted by Crippen LogP contribution is 2.38.